The third-order valence-corrected chi connectivity index (χ3v) is 5.17. The normalized spacial score (nSPS) is 28.4. The molecule has 0 aliphatic carbocycles. The van der Waals surface area contributed by atoms with Gasteiger partial charge in [-0.05, 0) is 25.7 Å². The van der Waals surface area contributed by atoms with Crippen molar-refractivity contribution in [3.8, 4) is 0 Å². The first-order valence-corrected chi connectivity index (χ1v) is 8.87. The van der Waals surface area contributed by atoms with E-state index >= 15 is 0 Å². The van der Waals surface area contributed by atoms with E-state index in [1.54, 1.807) is 0 Å². The van der Waals surface area contributed by atoms with Crippen molar-refractivity contribution in [2.75, 3.05) is 46.0 Å². The lowest BCUT2D eigenvalue weighted by atomic mass is 10.0. The van der Waals surface area contributed by atoms with Gasteiger partial charge in [-0.15, -0.1) is 0 Å². The number of aromatic nitrogens is 2. The number of morpholine rings is 1. The molecule has 3 aliphatic rings. The molecule has 3 aliphatic heterocycles. The first-order valence-electron chi connectivity index (χ1n) is 8.87. The van der Waals surface area contributed by atoms with Crippen LogP contribution in [-0.4, -0.2) is 72.0 Å². The van der Waals surface area contributed by atoms with Gasteiger partial charge in [0.25, 0.3) is 5.89 Å². The molecule has 0 spiro atoms. The van der Waals surface area contributed by atoms with Crippen molar-refractivity contribution in [1.82, 2.24) is 19.9 Å². The molecule has 1 aromatic heterocycles. The highest BCUT2D eigenvalue weighted by molar-refractivity contribution is 4.93. The van der Waals surface area contributed by atoms with Crippen LogP contribution in [0.25, 0.3) is 0 Å². The largest absolute Gasteiger partial charge is 0.379 e. The summed E-state index contributed by atoms with van der Waals surface area (Å²) in [7, 11) is 0. The van der Waals surface area contributed by atoms with E-state index in [4.69, 9.17) is 14.0 Å². The lowest BCUT2D eigenvalue weighted by molar-refractivity contribution is -0.0000121. The Labute approximate surface area is 136 Å². The van der Waals surface area contributed by atoms with Gasteiger partial charge in [-0.2, -0.15) is 4.98 Å². The van der Waals surface area contributed by atoms with Gasteiger partial charge >= 0.3 is 0 Å². The second-order valence-electron chi connectivity index (χ2n) is 6.71. The first kappa shape index (κ1) is 15.5. The zero-order valence-electron chi connectivity index (χ0n) is 13.7. The molecule has 3 saturated heterocycles. The summed E-state index contributed by atoms with van der Waals surface area (Å²) in [6.45, 7) is 7.73. The molecule has 0 N–H and O–H groups in total. The molecule has 7 nitrogen and oxygen atoms in total. The van der Waals surface area contributed by atoms with Crippen LogP contribution in [0.5, 0.6) is 0 Å². The van der Waals surface area contributed by atoms with Crippen molar-refractivity contribution in [2.45, 2.75) is 44.4 Å². The number of hydrogen-bond acceptors (Lipinski definition) is 7. The SMILES string of the molecule is C1CO[C@H](c2nc(CN3CCC(N4CCOCC4)CC3)no2)C1. The maximum absolute atomic E-state index is 5.60. The topological polar surface area (TPSA) is 63.9 Å². The van der Waals surface area contributed by atoms with Crippen molar-refractivity contribution in [1.29, 1.82) is 0 Å². The van der Waals surface area contributed by atoms with Gasteiger partial charge in [-0.1, -0.05) is 5.16 Å². The number of nitrogens with zero attached hydrogens (tertiary/aromatic N) is 4. The van der Waals surface area contributed by atoms with Gasteiger partial charge in [0, 0.05) is 38.8 Å². The van der Waals surface area contributed by atoms with Crippen molar-refractivity contribution in [2.24, 2.45) is 0 Å². The molecule has 0 amide bonds. The van der Waals surface area contributed by atoms with Gasteiger partial charge in [0.05, 0.1) is 19.8 Å². The summed E-state index contributed by atoms with van der Waals surface area (Å²) in [6, 6.07) is 0.711. The van der Waals surface area contributed by atoms with Crippen LogP contribution in [-0.2, 0) is 16.0 Å². The average molecular weight is 322 g/mol. The van der Waals surface area contributed by atoms with E-state index in [-0.39, 0.29) is 6.10 Å². The summed E-state index contributed by atoms with van der Waals surface area (Å²) in [5.41, 5.74) is 0. The molecular weight excluding hydrogens is 296 g/mol. The van der Waals surface area contributed by atoms with Crippen molar-refractivity contribution in [3.63, 3.8) is 0 Å². The Balaban J connectivity index is 1.26. The molecule has 4 heterocycles. The van der Waals surface area contributed by atoms with Crippen LogP contribution in [0.15, 0.2) is 4.52 Å². The predicted octanol–water partition coefficient (Wildman–Crippen LogP) is 1.22. The highest BCUT2D eigenvalue weighted by atomic mass is 16.5. The van der Waals surface area contributed by atoms with E-state index in [9.17, 15) is 0 Å². The molecular formula is C16H26N4O3. The van der Waals surface area contributed by atoms with Gasteiger partial charge < -0.3 is 14.0 Å². The molecule has 3 fully saturated rings. The second-order valence-corrected chi connectivity index (χ2v) is 6.71. The summed E-state index contributed by atoms with van der Waals surface area (Å²) < 4.78 is 16.4. The summed E-state index contributed by atoms with van der Waals surface area (Å²) in [4.78, 5) is 9.54. The Kier molecular flexibility index (Phi) is 4.89. The molecule has 0 bridgehead atoms. The molecule has 128 valence electrons. The molecule has 0 saturated carbocycles. The number of hydrogen-bond donors (Lipinski definition) is 0. The molecule has 23 heavy (non-hydrogen) atoms. The monoisotopic (exact) mass is 322 g/mol. The number of rotatable bonds is 4. The standard InChI is InChI=1S/C16H26N4O3/c1-2-14(22-9-1)16-17-15(18-23-16)12-19-5-3-13(4-6-19)20-7-10-21-11-8-20/h13-14H,1-12H2/t14-/m0/s1. The van der Waals surface area contributed by atoms with Crippen molar-refractivity contribution >= 4 is 0 Å². The highest BCUT2D eigenvalue weighted by Gasteiger charge is 2.27. The Morgan fingerprint density at radius 3 is 2.57 bits per heavy atom. The van der Waals surface area contributed by atoms with Gasteiger partial charge in [0.15, 0.2) is 5.82 Å². The molecule has 7 heteroatoms. The van der Waals surface area contributed by atoms with Crippen LogP contribution in [0.2, 0.25) is 0 Å². The van der Waals surface area contributed by atoms with Crippen molar-refractivity contribution < 1.29 is 14.0 Å². The van der Waals surface area contributed by atoms with E-state index in [1.165, 1.54) is 12.8 Å². The lowest BCUT2D eigenvalue weighted by Crippen LogP contribution is -2.48. The number of likely N-dealkylation sites (tertiary alicyclic amines) is 1. The third-order valence-electron chi connectivity index (χ3n) is 5.17. The van der Waals surface area contributed by atoms with E-state index in [1.807, 2.05) is 0 Å². The molecule has 0 unspecified atom stereocenters. The quantitative estimate of drug-likeness (QED) is 0.826. The number of piperidine rings is 1. The Bertz CT molecular complexity index is 489. The molecule has 0 aromatic carbocycles. The Morgan fingerprint density at radius 1 is 1.00 bits per heavy atom. The maximum atomic E-state index is 5.60. The van der Waals surface area contributed by atoms with Gasteiger partial charge in [0.2, 0.25) is 0 Å². The summed E-state index contributed by atoms with van der Waals surface area (Å²) in [5, 5.41) is 4.13. The van der Waals surface area contributed by atoms with Crippen LogP contribution < -0.4 is 0 Å². The molecule has 0 radical (unpaired) electrons. The van der Waals surface area contributed by atoms with Crippen LogP contribution in [0.3, 0.4) is 0 Å². The van der Waals surface area contributed by atoms with E-state index in [0.29, 0.717) is 11.9 Å². The Morgan fingerprint density at radius 2 is 1.83 bits per heavy atom. The fraction of sp³-hybridized carbons (Fsp3) is 0.875. The minimum Gasteiger partial charge on any atom is -0.379 e. The lowest BCUT2D eigenvalue weighted by Gasteiger charge is -2.39. The van der Waals surface area contributed by atoms with Crippen LogP contribution in [0.4, 0.5) is 0 Å². The number of ether oxygens (including phenoxy) is 2. The van der Waals surface area contributed by atoms with Crippen LogP contribution in [0.1, 0.15) is 43.5 Å². The average Bonchev–Trinajstić information content (AvgIpc) is 3.28. The molecule has 4 rings (SSSR count). The van der Waals surface area contributed by atoms with Gasteiger partial charge in [-0.25, -0.2) is 0 Å². The predicted molar refractivity (Wildman–Crippen MR) is 82.9 cm³/mol. The van der Waals surface area contributed by atoms with E-state index in [2.05, 4.69) is 19.9 Å². The summed E-state index contributed by atoms with van der Waals surface area (Å²) in [6.07, 6.45) is 4.53. The fourth-order valence-corrected chi connectivity index (χ4v) is 3.82. The van der Waals surface area contributed by atoms with Gasteiger partial charge in [-0.3, -0.25) is 9.80 Å². The van der Waals surface area contributed by atoms with Gasteiger partial charge in [0.1, 0.15) is 6.10 Å². The van der Waals surface area contributed by atoms with E-state index < -0.39 is 0 Å². The zero-order chi connectivity index (χ0) is 15.5. The minimum atomic E-state index is 0.0170. The van der Waals surface area contributed by atoms with E-state index in [0.717, 1.165) is 71.2 Å². The maximum Gasteiger partial charge on any atom is 0.255 e. The van der Waals surface area contributed by atoms with Crippen molar-refractivity contribution in [3.05, 3.63) is 11.7 Å². The summed E-state index contributed by atoms with van der Waals surface area (Å²) in [5.74, 6) is 1.45. The smallest absolute Gasteiger partial charge is 0.255 e. The highest BCUT2D eigenvalue weighted by Crippen LogP contribution is 2.27. The third kappa shape index (κ3) is 3.74. The zero-order valence-corrected chi connectivity index (χ0v) is 13.7. The second kappa shape index (κ2) is 7.25. The molecule has 1 atom stereocenters. The van der Waals surface area contributed by atoms with Crippen LogP contribution in [0, 0.1) is 0 Å². The Hall–Kier alpha value is -1.02. The summed E-state index contributed by atoms with van der Waals surface area (Å²) >= 11 is 0. The fourth-order valence-electron chi connectivity index (χ4n) is 3.82. The molecule has 1 aromatic rings. The first-order chi connectivity index (χ1) is 11.4. The minimum absolute atomic E-state index is 0.0170. The van der Waals surface area contributed by atoms with Crippen LogP contribution >= 0.6 is 0 Å².